The van der Waals surface area contributed by atoms with Crippen molar-refractivity contribution in [2.24, 2.45) is 10.1 Å². The molecule has 29 heavy (non-hydrogen) atoms. The van der Waals surface area contributed by atoms with E-state index in [1.807, 2.05) is 60.9 Å². The van der Waals surface area contributed by atoms with Gasteiger partial charge in [0.15, 0.2) is 5.17 Å². The normalized spacial score (nSPS) is 11.8. The molecule has 0 saturated carbocycles. The van der Waals surface area contributed by atoms with Crippen LogP contribution in [0.4, 0.5) is 11.4 Å². The highest BCUT2D eigenvalue weighted by Crippen LogP contribution is 2.29. The van der Waals surface area contributed by atoms with Gasteiger partial charge in [-0.05, 0) is 47.2 Å². The predicted molar refractivity (Wildman–Crippen MR) is 119 cm³/mol. The fraction of sp³-hybridized carbons (Fsp3) is 0.0909. The maximum absolute atomic E-state index is 8.96. The van der Waals surface area contributed by atoms with E-state index < -0.39 is 0 Å². The summed E-state index contributed by atoms with van der Waals surface area (Å²) in [5.41, 5.74) is 12.7. The summed E-state index contributed by atoms with van der Waals surface area (Å²) in [5.74, 6) is 0. The number of nitrogens with zero attached hydrogens (tertiary/aromatic N) is 5. The molecule has 0 aliphatic heterocycles. The number of rotatable bonds is 5. The molecule has 6 nitrogen and oxygen atoms in total. The van der Waals surface area contributed by atoms with Crippen LogP contribution in [0, 0.1) is 11.3 Å². The number of azide groups is 1. The number of benzene rings is 3. The number of nitrogens with one attached hydrogen (secondary N) is 1. The van der Waals surface area contributed by atoms with Crippen molar-refractivity contribution in [1.29, 1.82) is 5.26 Å². The molecular formula is C22H18N6S. The van der Waals surface area contributed by atoms with Crippen LogP contribution in [-0.2, 0) is 0 Å². The van der Waals surface area contributed by atoms with Crippen LogP contribution in [0.25, 0.3) is 10.4 Å². The van der Waals surface area contributed by atoms with Crippen molar-refractivity contribution in [3.05, 3.63) is 106 Å². The average molecular weight is 398 g/mol. The topological polar surface area (TPSA) is 96.9 Å². The van der Waals surface area contributed by atoms with Gasteiger partial charge in [0.1, 0.15) is 6.04 Å². The summed E-state index contributed by atoms with van der Waals surface area (Å²) >= 11 is 1.51. The molecule has 0 heterocycles. The van der Waals surface area contributed by atoms with Crippen LogP contribution >= 0.6 is 11.8 Å². The van der Waals surface area contributed by atoms with Crippen molar-refractivity contribution in [1.82, 2.24) is 0 Å². The first kappa shape index (κ1) is 20.0. The van der Waals surface area contributed by atoms with E-state index in [0.717, 1.165) is 22.0 Å². The highest BCUT2D eigenvalue weighted by atomic mass is 32.2. The largest absolute Gasteiger partial charge is 0.335 e. The maximum Gasteiger partial charge on any atom is 0.161 e. The third kappa shape index (κ3) is 5.39. The lowest BCUT2D eigenvalue weighted by molar-refractivity contribution is 0.876. The van der Waals surface area contributed by atoms with Crippen molar-refractivity contribution in [3.63, 3.8) is 0 Å². The van der Waals surface area contributed by atoms with Gasteiger partial charge in [-0.1, -0.05) is 71.5 Å². The summed E-state index contributed by atoms with van der Waals surface area (Å²) in [6, 6.07) is 26.6. The molecule has 0 aliphatic rings. The van der Waals surface area contributed by atoms with Crippen LogP contribution in [0.1, 0.15) is 22.7 Å². The second-order valence-electron chi connectivity index (χ2n) is 6.05. The molecule has 0 fully saturated rings. The average Bonchev–Trinajstić information content (AvgIpc) is 2.78. The molecule has 0 bridgehead atoms. The van der Waals surface area contributed by atoms with Crippen molar-refractivity contribution in [2.75, 3.05) is 11.6 Å². The Morgan fingerprint density at radius 2 is 1.66 bits per heavy atom. The van der Waals surface area contributed by atoms with E-state index in [1.54, 1.807) is 24.3 Å². The highest BCUT2D eigenvalue weighted by molar-refractivity contribution is 8.13. The summed E-state index contributed by atoms with van der Waals surface area (Å²) in [5, 5.41) is 16.7. The minimum atomic E-state index is -0.218. The van der Waals surface area contributed by atoms with Crippen LogP contribution in [0.15, 0.2) is 89.0 Å². The quantitative estimate of drug-likeness (QED) is 0.176. The van der Waals surface area contributed by atoms with Gasteiger partial charge in [0.05, 0.1) is 11.6 Å². The van der Waals surface area contributed by atoms with Gasteiger partial charge in [0, 0.05) is 16.3 Å². The number of anilines is 1. The predicted octanol–water partition coefficient (Wildman–Crippen LogP) is 6.42. The number of aliphatic imine (C=N–C) groups is 1. The van der Waals surface area contributed by atoms with Gasteiger partial charge in [-0.2, -0.15) is 5.26 Å². The van der Waals surface area contributed by atoms with Gasteiger partial charge in [0.2, 0.25) is 0 Å². The van der Waals surface area contributed by atoms with E-state index >= 15 is 0 Å². The Hall–Kier alpha value is -3.72. The molecule has 0 aromatic heterocycles. The number of hydrogen-bond donors (Lipinski definition) is 1. The molecule has 3 rings (SSSR count). The van der Waals surface area contributed by atoms with E-state index in [1.165, 1.54) is 11.8 Å². The van der Waals surface area contributed by atoms with Gasteiger partial charge >= 0.3 is 0 Å². The molecule has 0 spiro atoms. The fourth-order valence-electron chi connectivity index (χ4n) is 2.76. The highest BCUT2D eigenvalue weighted by Gasteiger charge is 2.14. The van der Waals surface area contributed by atoms with Crippen molar-refractivity contribution in [2.45, 2.75) is 6.04 Å². The summed E-state index contributed by atoms with van der Waals surface area (Å²) in [7, 11) is 0. The smallest absolute Gasteiger partial charge is 0.161 e. The van der Waals surface area contributed by atoms with Crippen molar-refractivity contribution >= 4 is 28.3 Å². The molecule has 7 heteroatoms. The molecule has 0 amide bonds. The van der Waals surface area contributed by atoms with E-state index in [0.29, 0.717) is 11.3 Å². The molecule has 1 unspecified atom stereocenters. The van der Waals surface area contributed by atoms with Crippen LogP contribution in [0.3, 0.4) is 0 Å². The zero-order valence-electron chi connectivity index (χ0n) is 15.7. The Kier molecular flexibility index (Phi) is 6.90. The van der Waals surface area contributed by atoms with Gasteiger partial charge < -0.3 is 5.32 Å². The molecule has 3 aromatic rings. The summed E-state index contributed by atoms with van der Waals surface area (Å²) in [4.78, 5) is 7.77. The molecule has 0 saturated heterocycles. The second-order valence-corrected chi connectivity index (χ2v) is 6.84. The van der Waals surface area contributed by atoms with Gasteiger partial charge in [-0.3, -0.25) is 0 Å². The number of amidine groups is 1. The molecule has 0 radical (unpaired) electrons. The van der Waals surface area contributed by atoms with Crippen LogP contribution in [0.5, 0.6) is 0 Å². The minimum Gasteiger partial charge on any atom is -0.335 e. The lowest BCUT2D eigenvalue weighted by atomic mass is 9.99. The molecule has 0 aliphatic carbocycles. The third-order valence-electron chi connectivity index (χ3n) is 4.19. The number of hydrogen-bond acceptors (Lipinski definition) is 4. The van der Waals surface area contributed by atoms with E-state index in [9.17, 15) is 0 Å². The van der Waals surface area contributed by atoms with Gasteiger partial charge in [-0.15, -0.1) is 0 Å². The SMILES string of the molecule is CSC(=NC(c1ccccc1)c1ccc(N=[N+]=[N-])cc1)Nc1ccc(C#N)cc1. The summed E-state index contributed by atoms with van der Waals surface area (Å²) < 4.78 is 0. The Morgan fingerprint density at radius 3 is 2.24 bits per heavy atom. The fourth-order valence-corrected chi connectivity index (χ4v) is 3.19. The summed E-state index contributed by atoms with van der Waals surface area (Å²) in [6.45, 7) is 0. The molecule has 1 N–H and O–H groups in total. The lowest BCUT2D eigenvalue weighted by Gasteiger charge is -2.17. The Morgan fingerprint density at radius 1 is 1.00 bits per heavy atom. The van der Waals surface area contributed by atoms with Crippen LogP contribution in [-0.4, -0.2) is 11.4 Å². The number of nitriles is 1. The molecule has 142 valence electrons. The van der Waals surface area contributed by atoms with Crippen molar-refractivity contribution in [3.8, 4) is 6.07 Å². The number of thioether (sulfide) groups is 1. The first-order valence-corrected chi connectivity index (χ1v) is 10.0. The lowest BCUT2D eigenvalue weighted by Crippen LogP contribution is -2.10. The molecular weight excluding hydrogens is 380 g/mol. The van der Waals surface area contributed by atoms with E-state index in [4.69, 9.17) is 15.8 Å². The minimum absolute atomic E-state index is 0.218. The van der Waals surface area contributed by atoms with E-state index in [-0.39, 0.29) is 6.04 Å². The first-order chi connectivity index (χ1) is 14.2. The molecule has 1 atom stereocenters. The van der Waals surface area contributed by atoms with Crippen LogP contribution in [0.2, 0.25) is 0 Å². The Labute approximate surface area is 173 Å². The first-order valence-electron chi connectivity index (χ1n) is 8.82. The molecule has 3 aromatic carbocycles. The Balaban J connectivity index is 1.95. The second kappa shape index (κ2) is 10.00. The van der Waals surface area contributed by atoms with E-state index in [2.05, 4.69) is 21.4 Å². The van der Waals surface area contributed by atoms with Gasteiger partial charge in [-0.25, -0.2) is 4.99 Å². The third-order valence-corrected chi connectivity index (χ3v) is 4.78. The monoisotopic (exact) mass is 398 g/mol. The summed E-state index contributed by atoms with van der Waals surface area (Å²) in [6.07, 6.45) is 1.96. The Bertz CT molecular complexity index is 1060. The standard InChI is InChI=1S/C22H18N6S/c1-29-22(25-19-11-7-16(15-23)8-12-19)26-21(17-5-3-2-4-6-17)18-9-13-20(14-10-18)27-28-24/h2-14,21H,1H3,(H,25,26). The van der Waals surface area contributed by atoms with Crippen LogP contribution < -0.4 is 5.32 Å². The zero-order chi connectivity index (χ0) is 20.5. The van der Waals surface area contributed by atoms with Crippen molar-refractivity contribution < 1.29 is 0 Å². The zero-order valence-corrected chi connectivity index (χ0v) is 16.5. The maximum atomic E-state index is 8.96. The van der Waals surface area contributed by atoms with Gasteiger partial charge in [0.25, 0.3) is 0 Å².